The van der Waals surface area contributed by atoms with Crippen LogP contribution in [0.1, 0.15) is 33.7 Å². The van der Waals surface area contributed by atoms with Gasteiger partial charge < -0.3 is 0 Å². The normalized spacial score (nSPS) is 14.7. The molecule has 7 heteroatoms. The first kappa shape index (κ1) is 12.8. The fourth-order valence-electron chi connectivity index (χ4n) is 2.27. The van der Waals surface area contributed by atoms with E-state index in [4.69, 9.17) is 0 Å². The van der Waals surface area contributed by atoms with Gasteiger partial charge in [-0.2, -0.15) is 18.3 Å². The Bertz CT molecular complexity index is 658. The number of ketones is 1. The van der Waals surface area contributed by atoms with Crippen LogP contribution in [0.4, 0.5) is 13.2 Å². The summed E-state index contributed by atoms with van der Waals surface area (Å²) in [5.41, 5.74) is 1.16. The highest BCUT2D eigenvalue weighted by Gasteiger charge is 2.32. The van der Waals surface area contributed by atoms with Crippen molar-refractivity contribution in [2.75, 3.05) is 0 Å². The molecule has 0 bridgehead atoms. The molecule has 4 nitrogen and oxygen atoms in total. The summed E-state index contributed by atoms with van der Waals surface area (Å²) in [7, 11) is 0. The number of rotatable bonds is 2. The van der Waals surface area contributed by atoms with Gasteiger partial charge in [0.1, 0.15) is 5.69 Å². The smallest absolute Gasteiger partial charge is 0.294 e. The van der Waals surface area contributed by atoms with Crippen molar-refractivity contribution >= 4 is 5.78 Å². The molecular weight excluding hydrogens is 271 g/mol. The predicted molar refractivity (Wildman–Crippen MR) is 63.2 cm³/mol. The maximum atomic E-state index is 12.4. The number of pyridine rings is 1. The number of Topliss-reactive ketones (excluding diaryl/α,β-unsaturated/α-hetero) is 1. The van der Waals surface area contributed by atoms with E-state index in [-0.39, 0.29) is 5.78 Å². The van der Waals surface area contributed by atoms with Crippen molar-refractivity contribution in [1.29, 1.82) is 0 Å². The molecule has 0 fully saturated rings. The minimum atomic E-state index is -4.43. The molecule has 0 saturated carbocycles. The Balaban J connectivity index is 1.82. The number of nitrogens with zero attached hydrogens (tertiary/aromatic N) is 3. The Kier molecular flexibility index (Phi) is 2.84. The first-order valence-corrected chi connectivity index (χ1v) is 6.05. The van der Waals surface area contributed by atoms with Gasteiger partial charge >= 0.3 is 6.18 Å². The molecule has 0 amide bonds. The molecule has 1 aliphatic rings. The Morgan fingerprint density at radius 3 is 2.65 bits per heavy atom. The standard InChI is InChI=1S/C13H10F3N3O/c14-13(15,16)12-4-1-8(5-17-12)7-19-10-2-3-11(20)9(10)6-18-19/h1,4-6H,2-3,7H2. The lowest BCUT2D eigenvalue weighted by molar-refractivity contribution is -0.141. The van der Waals surface area contributed by atoms with Crippen LogP contribution < -0.4 is 0 Å². The number of aromatic nitrogens is 3. The molecule has 0 aromatic carbocycles. The maximum Gasteiger partial charge on any atom is 0.433 e. The van der Waals surface area contributed by atoms with E-state index in [0.717, 1.165) is 11.8 Å². The van der Waals surface area contributed by atoms with Gasteiger partial charge in [0.2, 0.25) is 0 Å². The van der Waals surface area contributed by atoms with E-state index in [9.17, 15) is 18.0 Å². The van der Waals surface area contributed by atoms with Gasteiger partial charge in [0.05, 0.1) is 24.0 Å². The molecule has 1 aliphatic carbocycles. The summed E-state index contributed by atoms with van der Waals surface area (Å²) in [5, 5.41) is 4.10. The Labute approximate surface area is 112 Å². The summed E-state index contributed by atoms with van der Waals surface area (Å²) in [6.07, 6.45) is -0.631. The van der Waals surface area contributed by atoms with E-state index in [1.54, 1.807) is 4.68 Å². The van der Waals surface area contributed by atoms with Gasteiger partial charge in [0, 0.05) is 12.6 Å². The number of fused-ring (bicyclic) bond motifs is 1. The van der Waals surface area contributed by atoms with Gasteiger partial charge in [-0.1, -0.05) is 6.07 Å². The highest BCUT2D eigenvalue weighted by molar-refractivity contribution is 5.99. The second kappa shape index (κ2) is 4.43. The van der Waals surface area contributed by atoms with Crippen molar-refractivity contribution in [2.24, 2.45) is 0 Å². The minimum Gasteiger partial charge on any atom is -0.294 e. The SMILES string of the molecule is O=C1CCc2c1cnn2Cc1ccc(C(F)(F)F)nc1. The van der Waals surface area contributed by atoms with Gasteiger partial charge in [-0.3, -0.25) is 14.5 Å². The van der Waals surface area contributed by atoms with Gasteiger partial charge in [0.25, 0.3) is 0 Å². The van der Waals surface area contributed by atoms with E-state index in [1.807, 2.05) is 0 Å². The number of carbonyl (C=O) groups is 1. The maximum absolute atomic E-state index is 12.4. The number of hydrogen-bond donors (Lipinski definition) is 0. The average molecular weight is 281 g/mol. The molecule has 3 rings (SSSR count). The zero-order valence-electron chi connectivity index (χ0n) is 10.3. The van der Waals surface area contributed by atoms with Gasteiger partial charge in [0.15, 0.2) is 5.78 Å². The molecule has 104 valence electrons. The summed E-state index contributed by atoms with van der Waals surface area (Å²) in [4.78, 5) is 14.9. The van der Waals surface area contributed by atoms with Crippen LogP contribution in [0, 0.1) is 0 Å². The molecule has 0 spiro atoms. The van der Waals surface area contributed by atoms with Crippen LogP contribution in [0.25, 0.3) is 0 Å². The zero-order chi connectivity index (χ0) is 14.3. The van der Waals surface area contributed by atoms with Crippen LogP contribution in [-0.2, 0) is 19.1 Å². The highest BCUT2D eigenvalue weighted by Crippen LogP contribution is 2.27. The van der Waals surface area contributed by atoms with Crippen molar-refractivity contribution < 1.29 is 18.0 Å². The number of alkyl halides is 3. The molecule has 0 saturated heterocycles. The predicted octanol–water partition coefficient (Wildman–Crippen LogP) is 2.47. The van der Waals surface area contributed by atoms with Crippen LogP contribution in [-0.4, -0.2) is 20.5 Å². The number of hydrogen-bond acceptors (Lipinski definition) is 3. The van der Waals surface area contributed by atoms with E-state index < -0.39 is 11.9 Å². The molecule has 20 heavy (non-hydrogen) atoms. The van der Waals surface area contributed by atoms with E-state index in [0.29, 0.717) is 30.5 Å². The van der Waals surface area contributed by atoms with Crippen molar-refractivity contribution in [2.45, 2.75) is 25.6 Å². The summed E-state index contributed by atoms with van der Waals surface area (Å²) in [6.45, 7) is 0.313. The molecule has 0 unspecified atom stereocenters. The van der Waals surface area contributed by atoms with Crippen LogP contribution in [0.2, 0.25) is 0 Å². The number of halogens is 3. The minimum absolute atomic E-state index is 0.0665. The second-order valence-electron chi connectivity index (χ2n) is 4.64. The third-order valence-electron chi connectivity index (χ3n) is 3.29. The van der Waals surface area contributed by atoms with E-state index in [1.165, 1.54) is 18.5 Å². The first-order chi connectivity index (χ1) is 9.45. The van der Waals surface area contributed by atoms with Gasteiger partial charge in [-0.05, 0) is 18.1 Å². The highest BCUT2D eigenvalue weighted by atomic mass is 19.4. The molecule has 2 aromatic rings. The molecular formula is C13H10F3N3O. The zero-order valence-corrected chi connectivity index (χ0v) is 10.3. The molecule has 2 aromatic heterocycles. The molecule has 0 aliphatic heterocycles. The molecule has 2 heterocycles. The average Bonchev–Trinajstić information content (AvgIpc) is 2.94. The molecule has 0 N–H and O–H groups in total. The quantitative estimate of drug-likeness (QED) is 0.849. The van der Waals surface area contributed by atoms with Crippen LogP contribution in [0.15, 0.2) is 24.5 Å². The Morgan fingerprint density at radius 2 is 2.00 bits per heavy atom. The van der Waals surface area contributed by atoms with Gasteiger partial charge in [-0.15, -0.1) is 0 Å². The van der Waals surface area contributed by atoms with Crippen molar-refractivity contribution in [1.82, 2.24) is 14.8 Å². The fourth-order valence-corrected chi connectivity index (χ4v) is 2.27. The van der Waals surface area contributed by atoms with Crippen molar-refractivity contribution in [3.8, 4) is 0 Å². The lowest BCUT2D eigenvalue weighted by atomic mass is 10.2. The number of carbonyl (C=O) groups excluding carboxylic acids is 1. The third kappa shape index (κ3) is 2.19. The molecule has 0 radical (unpaired) electrons. The summed E-state index contributed by atoms with van der Waals surface area (Å²) in [6, 6.07) is 2.32. The molecule has 0 atom stereocenters. The summed E-state index contributed by atoms with van der Waals surface area (Å²) in [5.74, 6) is 0.0665. The lowest BCUT2D eigenvalue weighted by Gasteiger charge is -2.08. The van der Waals surface area contributed by atoms with Crippen LogP contribution in [0.5, 0.6) is 0 Å². The van der Waals surface area contributed by atoms with Crippen LogP contribution >= 0.6 is 0 Å². The third-order valence-corrected chi connectivity index (χ3v) is 3.29. The van der Waals surface area contributed by atoms with Crippen molar-refractivity contribution in [3.05, 3.63) is 47.0 Å². The Morgan fingerprint density at radius 1 is 1.20 bits per heavy atom. The first-order valence-electron chi connectivity index (χ1n) is 6.05. The topological polar surface area (TPSA) is 47.8 Å². The van der Waals surface area contributed by atoms with Crippen LogP contribution in [0.3, 0.4) is 0 Å². The second-order valence-corrected chi connectivity index (χ2v) is 4.64. The summed E-state index contributed by atoms with van der Waals surface area (Å²) >= 11 is 0. The van der Waals surface area contributed by atoms with E-state index in [2.05, 4.69) is 10.1 Å². The monoisotopic (exact) mass is 281 g/mol. The summed E-state index contributed by atoms with van der Waals surface area (Å²) < 4.78 is 38.9. The lowest BCUT2D eigenvalue weighted by Crippen LogP contribution is -2.09. The van der Waals surface area contributed by atoms with E-state index >= 15 is 0 Å². The van der Waals surface area contributed by atoms with Crippen molar-refractivity contribution in [3.63, 3.8) is 0 Å². The largest absolute Gasteiger partial charge is 0.433 e. The fraction of sp³-hybridized carbons (Fsp3) is 0.308. The van der Waals surface area contributed by atoms with Gasteiger partial charge in [-0.25, -0.2) is 0 Å². The Hall–Kier alpha value is -2.18.